The minimum Gasteiger partial charge on any atom is -0.358 e. The zero-order valence-electron chi connectivity index (χ0n) is 9.02. The Kier molecular flexibility index (Phi) is 298. The molecule has 0 rings (SSSR count). The van der Waals surface area contributed by atoms with E-state index in [2.05, 4.69) is 7.40 Å². The van der Waals surface area contributed by atoms with Crippen LogP contribution in [0.1, 0.15) is 36.5 Å². The van der Waals surface area contributed by atoms with Crippen LogP contribution in [0.25, 0.3) is 0 Å². The molecule has 0 amide bonds. The Morgan fingerprint density at radius 2 is 0.818 bits per heavy atom. The molecule has 0 aromatic rings. The van der Waals surface area contributed by atoms with Crippen LogP contribution in [0.2, 0.25) is 0 Å². The summed E-state index contributed by atoms with van der Waals surface area (Å²) in [7, 11) is 2.50. The third-order valence-electron chi connectivity index (χ3n) is 0. The van der Waals surface area contributed by atoms with Crippen LogP contribution < -0.4 is 0 Å². The quantitative estimate of drug-likeness (QED) is 0.593. The first kappa shape index (κ1) is 37.9. The first-order chi connectivity index (χ1) is 3.83. The maximum atomic E-state index is 5.50. The second-order valence-electron chi connectivity index (χ2n) is 1.15. The number of rotatable bonds is 0. The van der Waals surface area contributed by atoms with Gasteiger partial charge >= 0.3 is 0 Å². The van der Waals surface area contributed by atoms with Gasteiger partial charge in [0.05, 0.1) is 0 Å². The zero-order valence-corrected chi connectivity index (χ0v) is 13.7. The molecule has 0 aromatic carbocycles. The van der Waals surface area contributed by atoms with E-state index in [1.165, 1.54) is 0 Å². The van der Waals surface area contributed by atoms with Crippen LogP contribution >= 0.6 is 0 Å². The Bertz CT molecular complexity index is 14.5. The molecule has 0 spiro atoms. The summed E-state index contributed by atoms with van der Waals surface area (Å²) in [6.45, 7) is 8.00. The molecule has 0 fully saturated rings. The first-order valence-electron chi connectivity index (χ1n) is 3.02. The van der Waals surface area contributed by atoms with Crippen molar-refractivity contribution in [2.24, 2.45) is 0 Å². The van der Waals surface area contributed by atoms with Crippen molar-refractivity contribution in [3.63, 3.8) is 0 Å². The van der Waals surface area contributed by atoms with Crippen molar-refractivity contribution in [2.75, 3.05) is 0 Å². The summed E-state index contributed by atoms with van der Waals surface area (Å²) in [5.74, 6) is 0. The molecular weight excluding hydrogens is 286 g/mol. The van der Waals surface area contributed by atoms with Crippen molar-refractivity contribution in [3.05, 3.63) is 27.7 Å². The van der Waals surface area contributed by atoms with Gasteiger partial charge in [0.2, 0.25) is 0 Å². The minimum atomic E-state index is 0. The fourth-order valence-electron chi connectivity index (χ4n) is 0. The largest absolute Gasteiger partial charge is 0.358 e. The monoisotopic (exact) mass is 311 g/mol. The van der Waals surface area contributed by atoms with E-state index in [-0.39, 0.29) is 80.3 Å². The van der Waals surface area contributed by atoms with Crippen LogP contribution in [0.3, 0.4) is 0 Å². The van der Waals surface area contributed by atoms with Crippen molar-refractivity contribution < 1.29 is 66.8 Å². The van der Waals surface area contributed by atoms with Crippen molar-refractivity contribution in [2.45, 2.75) is 35.1 Å². The van der Waals surface area contributed by atoms with E-state index in [1.54, 1.807) is 0 Å². The predicted molar refractivity (Wildman–Crippen MR) is 50.9 cm³/mol. The Morgan fingerprint density at radius 3 is 0.818 bits per heavy atom. The molecule has 0 nitrogen and oxygen atoms in total. The zero-order chi connectivity index (χ0) is 7.41. The van der Waals surface area contributed by atoms with Gasteiger partial charge in [0.1, 0.15) is 0 Å². The average molecular weight is 311 g/mol. The molecule has 0 aliphatic carbocycles. The van der Waals surface area contributed by atoms with E-state index in [0.29, 0.717) is 0 Å². The summed E-state index contributed by atoms with van der Waals surface area (Å²) in [6.07, 6.45) is 4.00. The van der Waals surface area contributed by atoms with Crippen LogP contribution in [0.15, 0.2) is 0 Å². The molecule has 0 atom stereocenters. The maximum absolute atomic E-state index is 5.50. The van der Waals surface area contributed by atoms with E-state index in [9.17, 15) is 0 Å². The van der Waals surface area contributed by atoms with Gasteiger partial charge in [0.15, 0.2) is 0 Å². The molecule has 0 aromatic heterocycles. The SMILES string of the molecule is C.C[CH-]C.C[CH-]C.[2H][CH2-].[CH3-].[Y].[Y]. The fraction of sp³-hybridized carbons (Fsp3) is 0.556. The van der Waals surface area contributed by atoms with E-state index >= 15 is 0 Å². The standard InChI is InChI=1S/2C3H7.CH4.2CH3.2Y/c2*1-3-2;;;;;/h2*3H,1-2H3;1H4;2*1H3;;/q2*-1;;2*-1;;/i;;;1D;;;. The Balaban J connectivity index is -0.00000000544. The van der Waals surface area contributed by atoms with Crippen molar-refractivity contribution in [1.82, 2.24) is 0 Å². The van der Waals surface area contributed by atoms with Crippen LogP contribution in [-0.2, 0) is 65.4 Å². The second-order valence-corrected chi connectivity index (χ2v) is 1.15. The topological polar surface area (TPSA) is 0 Å². The number of hydrogen-bond acceptors (Lipinski definition) is 0. The minimum absolute atomic E-state index is 0. The summed E-state index contributed by atoms with van der Waals surface area (Å²) in [5.41, 5.74) is 0. The van der Waals surface area contributed by atoms with Crippen LogP contribution in [-0.4, -0.2) is 0 Å². The van der Waals surface area contributed by atoms with Crippen molar-refractivity contribution in [3.8, 4) is 0 Å². The molecule has 2 heteroatoms. The van der Waals surface area contributed by atoms with Gasteiger partial charge in [0, 0.05) is 65.4 Å². The van der Waals surface area contributed by atoms with Crippen LogP contribution in [0.5, 0.6) is 0 Å². The fourth-order valence-corrected chi connectivity index (χ4v) is 0. The Morgan fingerprint density at radius 1 is 0.818 bits per heavy atom. The molecule has 0 aliphatic rings. The van der Waals surface area contributed by atoms with Gasteiger partial charge in [-0.25, -0.2) is 1.37 Å². The van der Waals surface area contributed by atoms with Crippen LogP contribution in [0.4, 0.5) is 0 Å². The van der Waals surface area contributed by atoms with Gasteiger partial charge in [-0.2, -0.15) is 27.7 Å². The molecule has 0 heterocycles. The Hall–Kier alpha value is 2.21. The third kappa shape index (κ3) is 261. The molecule has 2 radical (unpaired) electrons. The average Bonchev–Trinajstić information content (AvgIpc) is 1.75. The van der Waals surface area contributed by atoms with Gasteiger partial charge in [-0.15, -0.1) is 0 Å². The van der Waals surface area contributed by atoms with Crippen molar-refractivity contribution >= 4 is 0 Å². The molecule has 11 heavy (non-hydrogen) atoms. The number of hydrogen-bond donors (Lipinski definition) is 0. The molecule has 0 bridgehead atoms. The van der Waals surface area contributed by atoms with Gasteiger partial charge in [-0.3, -0.25) is 0 Å². The summed E-state index contributed by atoms with van der Waals surface area (Å²) < 4.78 is 5.50. The van der Waals surface area contributed by atoms with Gasteiger partial charge in [0.25, 0.3) is 0 Å². The smallest absolute Gasteiger partial charge is 0 e. The van der Waals surface area contributed by atoms with Gasteiger partial charge < -0.3 is 27.7 Å². The molecule has 0 aliphatic heterocycles. The summed E-state index contributed by atoms with van der Waals surface area (Å²) in [6, 6.07) is 0. The van der Waals surface area contributed by atoms with E-state index in [0.717, 1.165) is 0 Å². The molecule has 70 valence electrons. The second kappa shape index (κ2) is 86.6. The molecule has 0 N–H and O–H groups in total. The molecule has 0 saturated heterocycles. The van der Waals surface area contributed by atoms with Crippen molar-refractivity contribution in [1.29, 1.82) is 0 Å². The van der Waals surface area contributed by atoms with E-state index in [1.807, 2.05) is 40.5 Å². The van der Waals surface area contributed by atoms with Gasteiger partial charge in [-0.1, -0.05) is 7.43 Å². The molecule has 0 saturated carbocycles. The predicted octanol–water partition coefficient (Wildman–Crippen LogP) is 3.99. The van der Waals surface area contributed by atoms with Gasteiger partial charge in [-0.05, 0) is 0 Å². The summed E-state index contributed by atoms with van der Waals surface area (Å²) in [4.78, 5) is 0. The third-order valence-corrected chi connectivity index (χ3v) is 0. The summed E-state index contributed by atoms with van der Waals surface area (Å²) >= 11 is 0. The Labute approximate surface area is 128 Å². The normalized spacial score (nSPS) is 3.91. The van der Waals surface area contributed by atoms with E-state index in [4.69, 9.17) is 1.37 Å². The first-order valence-corrected chi connectivity index (χ1v) is 2.31. The molecule has 0 unspecified atom stereocenters. The van der Waals surface area contributed by atoms with Crippen LogP contribution in [0, 0.1) is 27.7 Å². The van der Waals surface area contributed by atoms with E-state index < -0.39 is 0 Å². The summed E-state index contributed by atoms with van der Waals surface area (Å²) in [5, 5.41) is 0. The molecular formula is C9H24Y2-4. The maximum Gasteiger partial charge on any atom is 0 e.